The summed E-state index contributed by atoms with van der Waals surface area (Å²) >= 11 is 0. The first-order valence-electron chi connectivity index (χ1n) is 5.35. The van der Waals surface area contributed by atoms with Gasteiger partial charge in [-0.25, -0.2) is 0 Å². The summed E-state index contributed by atoms with van der Waals surface area (Å²) in [6, 6.07) is 0. The molecule has 74 valence electrons. The van der Waals surface area contributed by atoms with Gasteiger partial charge in [0.1, 0.15) is 0 Å². The molecule has 0 bridgehead atoms. The first-order valence-corrected chi connectivity index (χ1v) is 5.35. The Morgan fingerprint density at radius 2 is 2.15 bits per heavy atom. The Labute approximate surface area is 79.5 Å². The highest BCUT2D eigenvalue weighted by Gasteiger charge is 2.26. The van der Waals surface area contributed by atoms with Gasteiger partial charge in [-0.15, -0.1) is 0 Å². The summed E-state index contributed by atoms with van der Waals surface area (Å²) in [7, 11) is 0. The lowest BCUT2D eigenvalue weighted by Gasteiger charge is -2.19. The lowest BCUT2D eigenvalue weighted by Crippen LogP contribution is -2.34. The maximum Gasteiger partial charge on any atom is 0.222 e. The Morgan fingerprint density at radius 1 is 1.31 bits per heavy atom. The quantitative estimate of drug-likeness (QED) is 0.678. The van der Waals surface area contributed by atoms with Crippen LogP contribution in [0, 0.1) is 5.92 Å². The average Bonchev–Trinajstić information content (AvgIpc) is 2.87. The van der Waals surface area contributed by atoms with E-state index in [4.69, 9.17) is 0 Å². The standard InChI is InChI=1S/C10H18N2O/c13-10(8-9-2-3-9)12-6-1-4-11-5-7-12/h9,11H,1-8H2. The van der Waals surface area contributed by atoms with Crippen molar-refractivity contribution in [2.45, 2.75) is 25.7 Å². The average molecular weight is 182 g/mol. The summed E-state index contributed by atoms with van der Waals surface area (Å²) in [6.45, 7) is 3.90. The first kappa shape index (κ1) is 9.00. The van der Waals surface area contributed by atoms with Gasteiger partial charge < -0.3 is 10.2 Å². The van der Waals surface area contributed by atoms with Crippen molar-refractivity contribution < 1.29 is 4.79 Å². The number of nitrogens with zero attached hydrogens (tertiary/aromatic N) is 1. The molecule has 1 amide bonds. The molecule has 0 aromatic carbocycles. The Bertz CT molecular complexity index is 181. The number of carbonyl (C=O) groups excluding carboxylic acids is 1. The van der Waals surface area contributed by atoms with Crippen molar-refractivity contribution in [3.63, 3.8) is 0 Å². The second-order valence-corrected chi connectivity index (χ2v) is 4.13. The van der Waals surface area contributed by atoms with E-state index in [1.165, 1.54) is 12.8 Å². The molecule has 0 radical (unpaired) electrons. The van der Waals surface area contributed by atoms with Crippen LogP contribution in [0.1, 0.15) is 25.7 Å². The van der Waals surface area contributed by atoms with E-state index in [2.05, 4.69) is 5.32 Å². The number of rotatable bonds is 2. The highest BCUT2D eigenvalue weighted by Crippen LogP contribution is 2.32. The van der Waals surface area contributed by atoms with E-state index < -0.39 is 0 Å². The Hall–Kier alpha value is -0.570. The molecule has 0 aromatic heterocycles. The van der Waals surface area contributed by atoms with Crippen LogP contribution in [0.25, 0.3) is 0 Å². The molecule has 3 heteroatoms. The molecule has 1 aliphatic heterocycles. The fourth-order valence-corrected chi connectivity index (χ4v) is 1.79. The van der Waals surface area contributed by atoms with Crippen molar-refractivity contribution in [2.24, 2.45) is 5.92 Å². The highest BCUT2D eigenvalue weighted by atomic mass is 16.2. The summed E-state index contributed by atoms with van der Waals surface area (Å²) < 4.78 is 0. The van der Waals surface area contributed by atoms with Gasteiger partial charge in [0.2, 0.25) is 5.91 Å². The summed E-state index contributed by atoms with van der Waals surface area (Å²) in [5.74, 6) is 1.11. The SMILES string of the molecule is O=C(CC1CC1)N1CCCNCC1. The van der Waals surface area contributed by atoms with Crippen molar-refractivity contribution in [2.75, 3.05) is 26.2 Å². The zero-order valence-electron chi connectivity index (χ0n) is 8.09. The third-order valence-electron chi connectivity index (χ3n) is 2.85. The number of amides is 1. The zero-order valence-corrected chi connectivity index (χ0v) is 8.09. The van der Waals surface area contributed by atoms with E-state index >= 15 is 0 Å². The fraction of sp³-hybridized carbons (Fsp3) is 0.900. The van der Waals surface area contributed by atoms with Gasteiger partial charge in [0.25, 0.3) is 0 Å². The summed E-state index contributed by atoms with van der Waals surface area (Å²) in [5.41, 5.74) is 0. The minimum atomic E-state index is 0.381. The van der Waals surface area contributed by atoms with Crippen LogP contribution in [0.5, 0.6) is 0 Å². The number of nitrogens with one attached hydrogen (secondary N) is 1. The van der Waals surface area contributed by atoms with Crippen molar-refractivity contribution in [3.05, 3.63) is 0 Å². The van der Waals surface area contributed by atoms with Crippen LogP contribution in [0.4, 0.5) is 0 Å². The number of hydrogen-bond acceptors (Lipinski definition) is 2. The predicted octanol–water partition coefficient (Wildman–Crippen LogP) is 0.608. The molecule has 2 aliphatic rings. The minimum Gasteiger partial charge on any atom is -0.341 e. The van der Waals surface area contributed by atoms with E-state index in [-0.39, 0.29) is 0 Å². The van der Waals surface area contributed by atoms with Crippen molar-refractivity contribution in [3.8, 4) is 0 Å². The molecule has 1 N–H and O–H groups in total. The second-order valence-electron chi connectivity index (χ2n) is 4.13. The molecule has 3 nitrogen and oxygen atoms in total. The van der Waals surface area contributed by atoms with Crippen molar-refractivity contribution in [1.29, 1.82) is 0 Å². The topological polar surface area (TPSA) is 32.3 Å². The van der Waals surface area contributed by atoms with Gasteiger partial charge in [0, 0.05) is 26.1 Å². The molecule has 0 spiro atoms. The highest BCUT2D eigenvalue weighted by molar-refractivity contribution is 5.76. The van der Waals surface area contributed by atoms with Crippen LogP contribution >= 0.6 is 0 Å². The van der Waals surface area contributed by atoms with Gasteiger partial charge in [0.05, 0.1) is 0 Å². The smallest absolute Gasteiger partial charge is 0.222 e. The van der Waals surface area contributed by atoms with Gasteiger partial charge in [-0.3, -0.25) is 4.79 Å². The molecule has 2 fully saturated rings. The molecule has 1 saturated heterocycles. The zero-order chi connectivity index (χ0) is 9.10. The largest absolute Gasteiger partial charge is 0.341 e. The van der Waals surface area contributed by atoms with E-state index in [1.807, 2.05) is 4.90 Å². The fourth-order valence-electron chi connectivity index (χ4n) is 1.79. The van der Waals surface area contributed by atoms with E-state index in [9.17, 15) is 4.79 Å². The van der Waals surface area contributed by atoms with E-state index in [0.29, 0.717) is 5.91 Å². The van der Waals surface area contributed by atoms with Crippen molar-refractivity contribution in [1.82, 2.24) is 10.2 Å². The Morgan fingerprint density at radius 3 is 2.92 bits per heavy atom. The molecule has 13 heavy (non-hydrogen) atoms. The summed E-state index contributed by atoms with van der Waals surface area (Å²) in [4.78, 5) is 13.7. The maximum atomic E-state index is 11.7. The summed E-state index contributed by atoms with van der Waals surface area (Å²) in [5, 5.41) is 3.31. The molecule has 1 aliphatic carbocycles. The van der Waals surface area contributed by atoms with Crippen LogP contribution in [-0.4, -0.2) is 37.0 Å². The monoisotopic (exact) mass is 182 g/mol. The number of hydrogen-bond donors (Lipinski definition) is 1. The molecule has 0 unspecified atom stereocenters. The number of carbonyl (C=O) groups is 1. The molecular weight excluding hydrogens is 164 g/mol. The van der Waals surface area contributed by atoms with Gasteiger partial charge in [-0.1, -0.05) is 0 Å². The molecule has 0 atom stereocenters. The van der Waals surface area contributed by atoms with Crippen LogP contribution in [0.2, 0.25) is 0 Å². The first-order chi connectivity index (χ1) is 6.36. The summed E-state index contributed by atoms with van der Waals surface area (Å²) in [6.07, 6.45) is 4.46. The van der Waals surface area contributed by atoms with Crippen LogP contribution in [0.15, 0.2) is 0 Å². The van der Waals surface area contributed by atoms with Gasteiger partial charge in [-0.2, -0.15) is 0 Å². The second kappa shape index (κ2) is 4.09. The molecular formula is C10H18N2O. The Balaban J connectivity index is 1.78. The lowest BCUT2D eigenvalue weighted by atomic mass is 10.2. The predicted molar refractivity (Wildman–Crippen MR) is 51.4 cm³/mol. The molecule has 1 heterocycles. The Kier molecular flexibility index (Phi) is 2.83. The normalized spacial score (nSPS) is 24.2. The maximum absolute atomic E-state index is 11.7. The van der Waals surface area contributed by atoms with Gasteiger partial charge in [0.15, 0.2) is 0 Å². The van der Waals surface area contributed by atoms with Crippen LogP contribution in [-0.2, 0) is 4.79 Å². The van der Waals surface area contributed by atoms with Gasteiger partial charge >= 0.3 is 0 Å². The third kappa shape index (κ3) is 2.69. The third-order valence-corrected chi connectivity index (χ3v) is 2.85. The van der Waals surface area contributed by atoms with Crippen molar-refractivity contribution >= 4 is 5.91 Å². The van der Waals surface area contributed by atoms with Crippen LogP contribution < -0.4 is 5.32 Å². The lowest BCUT2D eigenvalue weighted by molar-refractivity contribution is -0.131. The molecule has 0 aromatic rings. The minimum absolute atomic E-state index is 0.381. The van der Waals surface area contributed by atoms with Gasteiger partial charge in [-0.05, 0) is 31.7 Å². The molecule has 1 saturated carbocycles. The molecule has 2 rings (SSSR count). The van der Waals surface area contributed by atoms with E-state index in [1.54, 1.807) is 0 Å². The van der Waals surface area contributed by atoms with E-state index in [0.717, 1.165) is 44.9 Å². The van der Waals surface area contributed by atoms with Crippen LogP contribution in [0.3, 0.4) is 0 Å².